The minimum absolute atomic E-state index is 0.161. The summed E-state index contributed by atoms with van der Waals surface area (Å²) in [5.74, 6) is -1.23. The zero-order valence-electron chi connectivity index (χ0n) is 8.66. The number of hydrogen-bond donors (Lipinski definition) is 1. The normalized spacial score (nSPS) is 26.8. The molecule has 1 saturated carbocycles. The highest BCUT2D eigenvalue weighted by molar-refractivity contribution is 5.89. The summed E-state index contributed by atoms with van der Waals surface area (Å²) in [7, 11) is 0. The second-order valence-corrected chi connectivity index (χ2v) is 4.05. The summed E-state index contributed by atoms with van der Waals surface area (Å²) in [6.45, 7) is 2.10. The molecule has 0 bridgehead atoms. The van der Waals surface area contributed by atoms with Gasteiger partial charge in [0.25, 0.3) is 0 Å². The van der Waals surface area contributed by atoms with E-state index in [4.69, 9.17) is 5.11 Å². The molecule has 0 saturated heterocycles. The van der Waals surface area contributed by atoms with Gasteiger partial charge in [-0.15, -0.1) is 0 Å². The first-order valence-corrected chi connectivity index (χ1v) is 5.42. The lowest BCUT2D eigenvalue weighted by Gasteiger charge is -2.13. The van der Waals surface area contributed by atoms with E-state index >= 15 is 0 Å². The molecule has 0 aliphatic heterocycles. The van der Waals surface area contributed by atoms with Gasteiger partial charge in [0.2, 0.25) is 0 Å². The second kappa shape index (κ2) is 5.13. The first kappa shape index (κ1) is 11.2. The molecule has 2 atom stereocenters. The van der Waals surface area contributed by atoms with E-state index in [-0.39, 0.29) is 11.7 Å². The molecule has 0 unspecified atom stereocenters. The molecule has 0 radical (unpaired) electrons. The number of carbonyl (C=O) groups excluding carboxylic acids is 1. The summed E-state index contributed by atoms with van der Waals surface area (Å²) in [4.78, 5) is 22.3. The topological polar surface area (TPSA) is 54.4 Å². The van der Waals surface area contributed by atoms with Crippen LogP contribution in [0.1, 0.15) is 45.4 Å². The number of unbranched alkanes of at least 4 members (excludes halogenated alkanes) is 2. The Bertz CT molecular complexity index is 223. The van der Waals surface area contributed by atoms with Crippen molar-refractivity contribution in [2.75, 3.05) is 0 Å². The van der Waals surface area contributed by atoms with Gasteiger partial charge in [-0.25, -0.2) is 0 Å². The van der Waals surface area contributed by atoms with Crippen molar-refractivity contribution in [3.63, 3.8) is 0 Å². The third-order valence-corrected chi connectivity index (χ3v) is 3.04. The molecule has 0 aromatic heterocycles. The summed E-state index contributed by atoms with van der Waals surface area (Å²) in [5, 5.41) is 8.91. The van der Waals surface area contributed by atoms with Crippen LogP contribution in [0.3, 0.4) is 0 Å². The molecular weight excluding hydrogens is 180 g/mol. The predicted octanol–water partition coefficient (Wildman–Crippen LogP) is 2.25. The van der Waals surface area contributed by atoms with Crippen LogP contribution in [0.4, 0.5) is 0 Å². The van der Waals surface area contributed by atoms with Crippen LogP contribution in [0.25, 0.3) is 0 Å². The number of hydrogen-bond acceptors (Lipinski definition) is 2. The van der Waals surface area contributed by atoms with Gasteiger partial charge in [0.15, 0.2) is 0 Å². The Morgan fingerprint density at radius 1 is 1.50 bits per heavy atom. The number of carboxylic acids is 1. The van der Waals surface area contributed by atoms with E-state index in [2.05, 4.69) is 6.92 Å². The predicted molar refractivity (Wildman–Crippen MR) is 53.0 cm³/mol. The Balaban J connectivity index is 2.45. The molecule has 80 valence electrons. The van der Waals surface area contributed by atoms with Crippen molar-refractivity contribution < 1.29 is 14.7 Å². The number of aliphatic carboxylic acids is 1. The van der Waals surface area contributed by atoms with Gasteiger partial charge in [0.05, 0.1) is 5.92 Å². The van der Waals surface area contributed by atoms with E-state index in [0.29, 0.717) is 12.8 Å². The maximum atomic E-state index is 11.4. The van der Waals surface area contributed by atoms with Gasteiger partial charge in [-0.1, -0.05) is 26.2 Å². The molecule has 1 N–H and O–H groups in total. The fourth-order valence-electron chi connectivity index (χ4n) is 2.18. The number of ketones is 1. The van der Waals surface area contributed by atoms with Crippen molar-refractivity contribution in [2.24, 2.45) is 11.8 Å². The maximum absolute atomic E-state index is 11.4. The molecule has 14 heavy (non-hydrogen) atoms. The molecule has 0 amide bonds. The van der Waals surface area contributed by atoms with Crippen molar-refractivity contribution in [1.82, 2.24) is 0 Å². The number of carboxylic acid groups (broad SMARTS) is 1. The minimum atomic E-state index is -0.794. The summed E-state index contributed by atoms with van der Waals surface area (Å²) >= 11 is 0. The Kier molecular flexibility index (Phi) is 4.11. The molecule has 0 spiro atoms. The van der Waals surface area contributed by atoms with Crippen LogP contribution in [0.5, 0.6) is 0 Å². The van der Waals surface area contributed by atoms with Crippen LogP contribution in [0.15, 0.2) is 0 Å². The molecule has 1 aliphatic carbocycles. The highest BCUT2D eigenvalue weighted by Crippen LogP contribution is 2.32. The van der Waals surface area contributed by atoms with Crippen molar-refractivity contribution in [2.45, 2.75) is 45.4 Å². The van der Waals surface area contributed by atoms with Crippen LogP contribution in [-0.4, -0.2) is 16.9 Å². The third kappa shape index (κ3) is 2.56. The van der Waals surface area contributed by atoms with Gasteiger partial charge in [0, 0.05) is 12.3 Å². The lowest BCUT2D eigenvalue weighted by molar-refractivity contribution is -0.144. The molecule has 1 aliphatic rings. The monoisotopic (exact) mass is 198 g/mol. The van der Waals surface area contributed by atoms with E-state index in [1.165, 1.54) is 0 Å². The molecule has 0 aromatic rings. The van der Waals surface area contributed by atoms with Crippen molar-refractivity contribution in [3.05, 3.63) is 0 Å². The van der Waals surface area contributed by atoms with E-state index in [0.717, 1.165) is 25.7 Å². The molecule has 3 heteroatoms. The average molecular weight is 198 g/mol. The number of rotatable bonds is 5. The second-order valence-electron chi connectivity index (χ2n) is 4.05. The Labute approximate surface area is 84.5 Å². The largest absolute Gasteiger partial charge is 0.481 e. The van der Waals surface area contributed by atoms with Gasteiger partial charge in [0.1, 0.15) is 5.78 Å². The number of carbonyl (C=O) groups is 2. The van der Waals surface area contributed by atoms with Gasteiger partial charge >= 0.3 is 5.97 Å². The first-order valence-electron chi connectivity index (χ1n) is 5.42. The summed E-state index contributed by atoms with van der Waals surface area (Å²) < 4.78 is 0. The van der Waals surface area contributed by atoms with Crippen LogP contribution in [0.2, 0.25) is 0 Å². The molecular formula is C11H18O3. The van der Waals surface area contributed by atoms with Crippen LogP contribution >= 0.6 is 0 Å². The van der Waals surface area contributed by atoms with E-state index < -0.39 is 11.9 Å². The Morgan fingerprint density at radius 2 is 2.21 bits per heavy atom. The fraction of sp³-hybridized carbons (Fsp3) is 0.818. The van der Waals surface area contributed by atoms with Crippen LogP contribution in [-0.2, 0) is 9.59 Å². The molecule has 0 aromatic carbocycles. The SMILES string of the molecule is CCCCC[C@@H]1C(=O)CC[C@H]1C(=O)O. The molecule has 1 rings (SSSR count). The standard InChI is InChI=1S/C11H18O3/c1-2-3-4-5-8-9(11(13)14)6-7-10(8)12/h8-9H,2-7H2,1H3,(H,13,14)/t8-,9+/m0/s1. The molecule has 1 fully saturated rings. The Hall–Kier alpha value is -0.860. The highest BCUT2D eigenvalue weighted by atomic mass is 16.4. The van der Waals surface area contributed by atoms with E-state index in [1.807, 2.05) is 0 Å². The van der Waals surface area contributed by atoms with Gasteiger partial charge in [-0.3, -0.25) is 9.59 Å². The summed E-state index contributed by atoms with van der Waals surface area (Å²) in [6.07, 6.45) is 4.97. The van der Waals surface area contributed by atoms with Gasteiger partial charge in [-0.2, -0.15) is 0 Å². The van der Waals surface area contributed by atoms with Crippen molar-refractivity contribution in [3.8, 4) is 0 Å². The molecule has 0 heterocycles. The van der Waals surface area contributed by atoms with E-state index in [1.54, 1.807) is 0 Å². The van der Waals surface area contributed by atoms with Crippen LogP contribution < -0.4 is 0 Å². The zero-order chi connectivity index (χ0) is 10.6. The maximum Gasteiger partial charge on any atom is 0.307 e. The smallest absolute Gasteiger partial charge is 0.307 e. The van der Waals surface area contributed by atoms with Crippen LogP contribution in [0, 0.1) is 11.8 Å². The summed E-state index contributed by atoms with van der Waals surface area (Å²) in [6, 6.07) is 0. The third-order valence-electron chi connectivity index (χ3n) is 3.04. The molecule has 3 nitrogen and oxygen atoms in total. The first-order chi connectivity index (χ1) is 6.66. The zero-order valence-corrected chi connectivity index (χ0v) is 8.66. The fourth-order valence-corrected chi connectivity index (χ4v) is 2.18. The van der Waals surface area contributed by atoms with Gasteiger partial charge < -0.3 is 5.11 Å². The van der Waals surface area contributed by atoms with Gasteiger partial charge in [-0.05, 0) is 12.8 Å². The lowest BCUT2D eigenvalue weighted by Crippen LogP contribution is -2.22. The Morgan fingerprint density at radius 3 is 2.79 bits per heavy atom. The quantitative estimate of drug-likeness (QED) is 0.689. The summed E-state index contributed by atoms with van der Waals surface area (Å²) in [5.41, 5.74) is 0. The number of Topliss-reactive ketones (excluding diaryl/α,β-unsaturated/α-hetero) is 1. The van der Waals surface area contributed by atoms with Crippen molar-refractivity contribution in [1.29, 1.82) is 0 Å². The average Bonchev–Trinajstić information content (AvgIpc) is 2.48. The van der Waals surface area contributed by atoms with E-state index in [9.17, 15) is 9.59 Å². The minimum Gasteiger partial charge on any atom is -0.481 e. The lowest BCUT2D eigenvalue weighted by atomic mass is 9.90. The van der Waals surface area contributed by atoms with Crippen molar-refractivity contribution >= 4 is 11.8 Å². The highest BCUT2D eigenvalue weighted by Gasteiger charge is 2.38.